The summed E-state index contributed by atoms with van der Waals surface area (Å²) in [5, 5.41) is 3.92. The molecule has 0 saturated heterocycles. The first kappa shape index (κ1) is 16.9. The van der Waals surface area contributed by atoms with Gasteiger partial charge in [-0.3, -0.25) is 4.98 Å². The molecule has 0 spiro atoms. The van der Waals surface area contributed by atoms with Crippen LogP contribution >= 0.6 is 0 Å². The number of pyridine rings is 1. The van der Waals surface area contributed by atoms with E-state index in [4.69, 9.17) is 4.74 Å². The molecule has 0 aliphatic heterocycles. The molecule has 27 heavy (non-hydrogen) atoms. The van der Waals surface area contributed by atoms with E-state index in [1.54, 1.807) is 31.6 Å². The molecule has 0 aliphatic carbocycles. The normalized spacial score (nSPS) is 10.8. The number of anilines is 1. The Balaban J connectivity index is 1.85. The van der Waals surface area contributed by atoms with Crippen LogP contribution in [0.2, 0.25) is 0 Å². The van der Waals surface area contributed by atoms with Crippen LogP contribution in [0.15, 0.2) is 60.9 Å². The van der Waals surface area contributed by atoms with E-state index in [9.17, 15) is 4.39 Å². The molecule has 0 saturated carbocycles. The summed E-state index contributed by atoms with van der Waals surface area (Å²) >= 11 is 0. The summed E-state index contributed by atoms with van der Waals surface area (Å²) < 4.78 is 19.5. The summed E-state index contributed by atoms with van der Waals surface area (Å²) in [5.41, 5.74) is 2.85. The number of halogens is 1. The molecule has 0 atom stereocenters. The zero-order valence-corrected chi connectivity index (χ0v) is 14.9. The van der Waals surface area contributed by atoms with Crippen molar-refractivity contribution < 1.29 is 9.13 Å². The van der Waals surface area contributed by atoms with Gasteiger partial charge >= 0.3 is 0 Å². The van der Waals surface area contributed by atoms with Gasteiger partial charge in [0.2, 0.25) is 0 Å². The van der Waals surface area contributed by atoms with Gasteiger partial charge in [0.1, 0.15) is 17.4 Å². The second-order valence-electron chi connectivity index (χ2n) is 5.97. The topological polar surface area (TPSA) is 59.9 Å². The number of hydrogen-bond donors (Lipinski definition) is 1. The van der Waals surface area contributed by atoms with Crippen LogP contribution in [0.4, 0.5) is 10.2 Å². The number of methoxy groups -OCH3 is 1. The molecular weight excluding hydrogens is 343 g/mol. The zero-order chi connectivity index (χ0) is 18.8. The highest BCUT2D eigenvalue weighted by molar-refractivity contribution is 5.94. The second-order valence-corrected chi connectivity index (χ2v) is 5.97. The summed E-state index contributed by atoms with van der Waals surface area (Å²) in [7, 11) is 3.32. The van der Waals surface area contributed by atoms with Crippen LogP contribution in [0.25, 0.3) is 33.4 Å². The molecule has 0 unspecified atom stereocenters. The first-order valence-electron chi connectivity index (χ1n) is 8.43. The van der Waals surface area contributed by atoms with Crippen LogP contribution in [0, 0.1) is 5.82 Å². The summed E-state index contributed by atoms with van der Waals surface area (Å²) in [6.07, 6.45) is 3.43. The fourth-order valence-electron chi connectivity index (χ4n) is 2.97. The Bertz CT molecular complexity index is 1120. The zero-order valence-electron chi connectivity index (χ0n) is 14.9. The maximum atomic E-state index is 14.5. The van der Waals surface area contributed by atoms with Gasteiger partial charge in [-0.15, -0.1) is 0 Å². The standard InChI is InChI=1S/C21H17FN4O/c1-23-21-17-10-13(16-7-6-15(27-2)11-18(16)22)5-8-19(17)25-20(26-21)14-4-3-9-24-12-14/h3-12H,1-2H3,(H,23,25,26). The number of rotatable bonds is 4. The van der Waals surface area contributed by atoms with Crippen LogP contribution < -0.4 is 10.1 Å². The van der Waals surface area contributed by atoms with E-state index < -0.39 is 0 Å². The minimum absolute atomic E-state index is 0.340. The number of hydrogen-bond acceptors (Lipinski definition) is 5. The molecule has 4 aromatic rings. The van der Waals surface area contributed by atoms with Gasteiger partial charge in [-0.25, -0.2) is 14.4 Å². The minimum Gasteiger partial charge on any atom is -0.497 e. The van der Waals surface area contributed by atoms with Crippen LogP contribution in [0.5, 0.6) is 5.75 Å². The second kappa shape index (κ2) is 6.99. The third-order valence-corrected chi connectivity index (χ3v) is 4.34. The van der Waals surface area contributed by atoms with Crippen LogP contribution in [0.3, 0.4) is 0 Å². The molecule has 0 radical (unpaired) electrons. The van der Waals surface area contributed by atoms with Gasteiger partial charge in [0.25, 0.3) is 0 Å². The fraction of sp³-hybridized carbons (Fsp3) is 0.0952. The van der Waals surface area contributed by atoms with Crippen molar-refractivity contribution in [1.29, 1.82) is 0 Å². The quantitative estimate of drug-likeness (QED) is 0.579. The van der Waals surface area contributed by atoms with Gasteiger partial charge in [0, 0.05) is 42.0 Å². The van der Waals surface area contributed by atoms with E-state index >= 15 is 0 Å². The molecule has 0 amide bonds. The highest BCUT2D eigenvalue weighted by Crippen LogP contribution is 2.31. The van der Waals surface area contributed by atoms with Gasteiger partial charge in [-0.05, 0) is 42.0 Å². The van der Waals surface area contributed by atoms with Crippen molar-refractivity contribution in [3.05, 3.63) is 66.7 Å². The van der Waals surface area contributed by atoms with Gasteiger partial charge in [-0.2, -0.15) is 0 Å². The fourth-order valence-corrected chi connectivity index (χ4v) is 2.97. The van der Waals surface area contributed by atoms with Gasteiger partial charge in [-0.1, -0.05) is 6.07 Å². The number of nitrogens with zero attached hydrogens (tertiary/aromatic N) is 3. The van der Waals surface area contributed by atoms with Gasteiger partial charge < -0.3 is 10.1 Å². The molecule has 1 N–H and O–H groups in total. The van der Waals surface area contributed by atoms with E-state index in [1.165, 1.54) is 13.2 Å². The smallest absolute Gasteiger partial charge is 0.163 e. The van der Waals surface area contributed by atoms with E-state index in [0.717, 1.165) is 22.0 Å². The molecule has 2 heterocycles. The average molecular weight is 360 g/mol. The van der Waals surface area contributed by atoms with Crippen LogP contribution in [-0.4, -0.2) is 29.1 Å². The van der Waals surface area contributed by atoms with Crippen molar-refractivity contribution >= 4 is 16.7 Å². The van der Waals surface area contributed by atoms with E-state index in [0.29, 0.717) is 23.0 Å². The Kier molecular flexibility index (Phi) is 4.38. The molecule has 4 rings (SSSR count). The number of nitrogens with one attached hydrogen (secondary N) is 1. The van der Waals surface area contributed by atoms with Crippen molar-refractivity contribution in [2.45, 2.75) is 0 Å². The Labute approximate surface area is 155 Å². The minimum atomic E-state index is -0.340. The SMILES string of the molecule is CNc1nc(-c2cccnc2)nc2ccc(-c3ccc(OC)cc3F)cc12. The molecular formula is C21H17FN4O. The lowest BCUT2D eigenvalue weighted by molar-refractivity contribution is 0.411. The van der Waals surface area contributed by atoms with Crippen molar-refractivity contribution in [3.63, 3.8) is 0 Å². The molecule has 6 heteroatoms. The van der Waals surface area contributed by atoms with Gasteiger partial charge in [0.15, 0.2) is 5.82 Å². The summed E-state index contributed by atoms with van der Waals surface area (Å²) in [6, 6.07) is 14.2. The third kappa shape index (κ3) is 3.17. The number of ether oxygens (including phenoxy) is 1. The Morgan fingerprint density at radius 3 is 2.59 bits per heavy atom. The maximum absolute atomic E-state index is 14.5. The lowest BCUT2D eigenvalue weighted by Gasteiger charge is -2.11. The molecule has 2 aromatic heterocycles. The maximum Gasteiger partial charge on any atom is 0.163 e. The summed E-state index contributed by atoms with van der Waals surface area (Å²) in [6.45, 7) is 0. The Hall–Kier alpha value is -3.54. The Morgan fingerprint density at radius 1 is 1.00 bits per heavy atom. The first-order chi connectivity index (χ1) is 13.2. The molecule has 134 valence electrons. The third-order valence-electron chi connectivity index (χ3n) is 4.34. The highest BCUT2D eigenvalue weighted by atomic mass is 19.1. The molecule has 2 aromatic carbocycles. The number of aromatic nitrogens is 3. The molecule has 0 fully saturated rings. The van der Waals surface area contributed by atoms with Gasteiger partial charge in [0.05, 0.1) is 12.6 Å². The van der Waals surface area contributed by atoms with Crippen molar-refractivity contribution in [1.82, 2.24) is 15.0 Å². The van der Waals surface area contributed by atoms with Crippen LogP contribution in [-0.2, 0) is 0 Å². The summed E-state index contributed by atoms with van der Waals surface area (Å²) in [5.74, 6) is 1.41. The van der Waals surface area contributed by atoms with Crippen molar-refractivity contribution in [2.24, 2.45) is 0 Å². The first-order valence-corrected chi connectivity index (χ1v) is 8.43. The molecule has 5 nitrogen and oxygen atoms in total. The Morgan fingerprint density at radius 2 is 1.89 bits per heavy atom. The monoisotopic (exact) mass is 360 g/mol. The lowest BCUT2D eigenvalue weighted by Crippen LogP contribution is -1.99. The predicted octanol–water partition coefficient (Wildman–Crippen LogP) is 4.55. The predicted molar refractivity (Wildman–Crippen MR) is 104 cm³/mol. The van der Waals surface area contributed by atoms with E-state index in [1.807, 2.05) is 30.3 Å². The molecule has 0 bridgehead atoms. The largest absolute Gasteiger partial charge is 0.497 e. The van der Waals surface area contributed by atoms with Crippen molar-refractivity contribution in [3.8, 4) is 28.3 Å². The number of fused-ring (bicyclic) bond motifs is 1. The number of benzene rings is 2. The molecule has 0 aliphatic rings. The lowest BCUT2D eigenvalue weighted by atomic mass is 10.0. The van der Waals surface area contributed by atoms with Crippen molar-refractivity contribution in [2.75, 3.05) is 19.5 Å². The van der Waals surface area contributed by atoms with E-state index in [2.05, 4.69) is 20.3 Å². The summed E-state index contributed by atoms with van der Waals surface area (Å²) in [4.78, 5) is 13.4. The highest BCUT2D eigenvalue weighted by Gasteiger charge is 2.12. The van der Waals surface area contributed by atoms with Crippen LogP contribution in [0.1, 0.15) is 0 Å². The van der Waals surface area contributed by atoms with E-state index in [-0.39, 0.29) is 5.82 Å². The average Bonchev–Trinajstić information content (AvgIpc) is 2.73.